The van der Waals surface area contributed by atoms with Crippen LogP contribution >= 0.6 is 0 Å². The fourth-order valence-electron chi connectivity index (χ4n) is 0.678. The van der Waals surface area contributed by atoms with Crippen molar-refractivity contribution in [1.29, 1.82) is 43.4 Å². The summed E-state index contributed by atoms with van der Waals surface area (Å²) in [6.45, 7) is 36.3. The lowest BCUT2D eigenvalue weighted by molar-refractivity contribution is 0.960. The molecular formula is C43H73BN8. The zero-order chi connectivity index (χ0) is 40.3. The summed E-state index contributed by atoms with van der Waals surface area (Å²) < 4.78 is 5.25. The van der Waals surface area contributed by atoms with E-state index in [4.69, 9.17) is 43.4 Å². The molecule has 0 amide bonds. The number of allylic oxidation sites excluding steroid dienone is 11. The van der Waals surface area contributed by atoms with Crippen LogP contribution in [0, 0.1) is 103 Å². The Morgan fingerprint density at radius 1 is 0.712 bits per heavy atom. The third-order valence-corrected chi connectivity index (χ3v) is 3.04. The minimum absolute atomic E-state index is 0. The van der Waals surface area contributed by atoms with Gasteiger partial charge in [0.2, 0.25) is 0 Å². The Bertz CT molecular complexity index is 1090. The van der Waals surface area contributed by atoms with Crippen LogP contribution in [0.5, 0.6) is 0 Å². The Balaban J connectivity index is -0.0000000234. The third kappa shape index (κ3) is 324. The number of nitrogens with zero attached hydrogens (tertiary/aromatic N) is 8. The molecule has 2 unspecified atom stereocenters. The summed E-state index contributed by atoms with van der Waals surface area (Å²) in [4.78, 5) is 0. The van der Waals surface area contributed by atoms with E-state index in [0.29, 0.717) is 24.8 Å². The summed E-state index contributed by atoms with van der Waals surface area (Å²) in [7, 11) is 3.75. The van der Waals surface area contributed by atoms with E-state index in [1.54, 1.807) is 57.2 Å². The Kier molecular flexibility index (Phi) is 245. The molecule has 9 heteroatoms. The van der Waals surface area contributed by atoms with Gasteiger partial charge in [-0.05, 0) is 41.9 Å². The quantitative estimate of drug-likeness (QED) is 0.0779. The molecule has 2 radical (unpaired) electrons. The molecule has 2 atom stereocenters. The van der Waals surface area contributed by atoms with Crippen molar-refractivity contribution >= 4 is 8.38 Å². The first kappa shape index (κ1) is 90.9. The lowest BCUT2D eigenvalue weighted by Gasteiger charge is -1.80. The van der Waals surface area contributed by atoms with Crippen LogP contribution in [0.1, 0.15) is 104 Å². The van der Waals surface area contributed by atoms with Crippen LogP contribution in [0.4, 0.5) is 0 Å². The van der Waals surface area contributed by atoms with E-state index in [0.717, 1.165) is 12.8 Å². The van der Waals surface area contributed by atoms with Gasteiger partial charge in [-0.25, -0.2) is 5.26 Å². The maximum atomic E-state index is 8.01. The van der Waals surface area contributed by atoms with Gasteiger partial charge in [0.1, 0.15) is 0 Å². The topological polar surface area (TPSA) is 190 Å². The number of nitriles is 8. The van der Waals surface area contributed by atoms with Crippen LogP contribution in [0.15, 0.2) is 112 Å². The normalized spacial score (nSPS) is 7.12. The molecule has 0 saturated heterocycles. The van der Waals surface area contributed by atoms with Gasteiger partial charge in [-0.15, -0.1) is 26.3 Å². The van der Waals surface area contributed by atoms with E-state index >= 15 is 0 Å². The zero-order valence-corrected chi connectivity index (χ0v) is 29.1. The Hall–Kier alpha value is -6.36. The summed E-state index contributed by atoms with van der Waals surface area (Å²) in [5.74, 6) is 0.00926. The van der Waals surface area contributed by atoms with E-state index < -0.39 is 0 Å². The van der Waals surface area contributed by atoms with Gasteiger partial charge in [0.15, 0.2) is 0 Å². The molecule has 0 aliphatic carbocycles. The van der Waals surface area contributed by atoms with Gasteiger partial charge in [-0.2, -0.15) is 36.8 Å². The van der Waals surface area contributed by atoms with Crippen molar-refractivity contribution in [2.75, 3.05) is 0 Å². The van der Waals surface area contributed by atoms with Gasteiger partial charge in [-0.3, -0.25) is 0 Å². The monoisotopic (exact) mass is 714 g/mol. The van der Waals surface area contributed by atoms with E-state index in [-0.39, 0.29) is 49.0 Å². The molecule has 8 nitrogen and oxygen atoms in total. The molecule has 0 fully saturated rings. The van der Waals surface area contributed by atoms with Crippen molar-refractivity contribution in [3.05, 3.63) is 112 Å². The molecule has 0 N–H and O–H groups in total. The summed E-state index contributed by atoms with van der Waals surface area (Å²) in [6.07, 6.45) is 20.2. The molecule has 0 spiro atoms. The largest absolute Gasteiger partial charge is 0.202 e. The van der Waals surface area contributed by atoms with Gasteiger partial charge >= 0.3 is 0 Å². The Morgan fingerprint density at radius 2 is 1.08 bits per heavy atom. The summed E-state index contributed by atoms with van der Waals surface area (Å²) in [6, 6.07) is 13.6. The highest BCUT2D eigenvalue weighted by atomic mass is 14.2. The van der Waals surface area contributed by atoms with Crippen LogP contribution in [0.3, 0.4) is 0 Å². The summed E-state index contributed by atoms with van der Waals surface area (Å²) in [5.41, 5.74) is 0.560. The minimum atomic E-state index is 0. The molecule has 0 aromatic carbocycles. The highest BCUT2D eigenvalue weighted by molar-refractivity contribution is 5.75. The van der Waals surface area contributed by atoms with Crippen LogP contribution in [-0.2, 0) is 0 Å². The molecule has 0 aliphatic rings. The highest BCUT2D eigenvalue weighted by Gasteiger charge is 1.84. The molecule has 0 heterocycles. The average Bonchev–Trinajstić information content (AvgIpc) is 3.14. The lowest BCUT2D eigenvalue weighted by Crippen LogP contribution is -1.76. The van der Waals surface area contributed by atoms with Crippen molar-refractivity contribution < 1.29 is 0 Å². The molecule has 288 valence electrons. The predicted molar refractivity (Wildman–Crippen MR) is 234 cm³/mol. The molecule has 52 heavy (non-hydrogen) atoms. The van der Waals surface area contributed by atoms with Crippen LogP contribution in [0.25, 0.3) is 0 Å². The van der Waals surface area contributed by atoms with E-state index in [2.05, 4.69) is 61.0 Å². The van der Waals surface area contributed by atoms with Crippen molar-refractivity contribution in [3.8, 4) is 49.1 Å². The Morgan fingerprint density at radius 3 is 1.13 bits per heavy atom. The van der Waals surface area contributed by atoms with Crippen molar-refractivity contribution in [3.63, 3.8) is 0 Å². The fourth-order valence-corrected chi connectivity index (χ4v) is 0.678. The van der Waals surface area contributed by atoms with Gasteiger partial charge in [0.25, 0.3) is 0 Å². The first-order chi connectivity index (χ1) is 23.0. The number of rotatable bonds is 8. The lowest BCUT2D eigenvalue weighted by atomic mass is 10.2. The first-order valence-corrected chi connectivity index (χ1v) is 13.5. The van der Waals surface area contributed by atoms with Gasteiger partial charge < -0.3 is 0 Å². The standard InChI is InChI=1S/5C5H7N.2C4H5N.C4H6.CHN.5CH4.BH/c2*1-3-5(2)4-6;3*1-2-3-4-5-6;1-4(2)3-5;1-2-3-4-5;1-3-4-2;1-2;;;;;;/h2*3,5H,1H2,2H3;3-4H,2H2,1H3;2-3H,4H2,1H3;2H,1,3-4H2;1H2,2H3;2H,1,3H2;3-4H,1-2H2;1H;5*1H4;1H/b;;4-3+;3-2-;;;;;;;;;;;/i;;;;;;;;;;;;;;1D. The summed E-state index contributed by atoms with van der Waals surface area (Å²) >= 11 is 0. The van der Waals surface area contributed by atoms with Crippen molar-refractivity contribution in [2.24, 2.45) is 11.8 Å². The smallest absolute Gasteiger partial charge is 0.0937 e. The van der Waals surface area contributed by atoms with Gasteiger partial charge in [-0.1, -0.05) is 118 Å². The molecule has 0 aromatic rings. The molecule has 0 bridgehead atoms. The summed E-state index contributed by atoms with van der Waals surface area (Å²) in [5, 5.41) is 61.7. The third-order valence-electron chi connectivity index (χ3n) is 3.04. The second kappa shape index (κ2) is 140. The van der Waals surface area contributed by atoms with E-state index in [1.165, 1.54) is 6.08 Å². The number of hydrogen-bond acceptors (Lipinski definition) is 8. The molecule has 0 aromatic heterocycles. The van der Waals surface area contributed by atoms with Crippen LogP contribution < -0.4 is 0 Å². The number of hydrogen-bond donors (Lipinski definition) is 0. The van der Waals surface area contributed by atoms with Crippen molar-refractivity contribution in [2.45, 2.75) is 104 Å². The maximum absolute atomic E-state index is 8.01. The van der Waals surface area contributed by atoms with Gasteiger partial charge in [0.05, 0.1) is 67.2 Å². The molecule has 0 aliphatic heterocycles. The second-order valence-corrected chi connectivity index (χ2v) is 7.18. The van der Waals surface area contributed by atoms with Gasteiger partial charge in [0, 0.05) is 33.0 Å². The molecule has 0 rings (SSSR count). The Labute approximate surface area is 328 Å². The zero-order valence-electron chi connectivity index (χ0n) is 30.1. The van der Waals surface area contributed by atoms with E-state index in [9.17, 15) is 0 Å². The van der Waals surface area contributed by atoms with Crippen molar-refractivity contribution in [1.82, 2.24) is 0 Å². The molecular weight excluding hydrogens is 639 g/mol. The first-order valence-electron chi connectivity index (χ1n) is 14.1. The SMILES string of the molecule is C.C.C.C.C.C#N.C/C=C\CC#N.C=C(C)C#N.C=CC(C)C#N.C=CC(C)C#N.C=CC=C.C=CCC#N.C=CCCC#N.CC/C=C/C#N.[2H][B]. The number of unbranched alkanes of at least 4 members (excludes halogenated alkanes) is 1. The minimum Gasteiger partial charge on any atom is -0.202 e. The van der Waals surface area contributed by atoms with E-state index in [1.807, 2.05) is 74.6 Å². The fraction of sp³-hybridized carbons (Fsp3) is 0.395. The maximum Gasteiger partial charge on any atom is 0.0937 e. The predicted octanol–water partition coefficient (Wildman–Crippen LogP) is 13.3. The van der Waals surface area contributed by atoms with Crippen LogP contribution in [0.2, 0.25) is 0 Å². The highest BCUT2D eigenvalue weighted by Crippen LogP contribution is 1.88. The van der Waals surface area contributed by atoms with Crippen LogP contribution in [-0.4, -0.2) is 9.71 Å². The molecule has 0 saturated carbocycles. The average molecular weight is 714 g/mol. The second-order valence-electron chi connectivity index (χ2n) is 7.18.